The summed E-state index contributed by atoms with van der Waals surface area (Å²) in [5.74, 6) is 0. The summed E-state index contributed by atoms with van der Waals surface area (Å²) in [5, 5.41) is 2.68. The van der Waals surface area contributed by atoms with Gasteiger partial charge in [0.2, 0.25) is 10.0 Å². The summed E-state index contributed by atoms with van der Waals surface area (Å²) in [5.41, 5.74) is 7.24. The molecule has 9 heteroatoms. The van der Waals surface area contributed by atoms with Gasteiger partial charge in [0.15, 0.2) is 0 Å². The van der Waals surface area contributed by atoms with E-state index in [1.165, 1.54) is 12.1 Å². The lowest BCUT2D eigenvalue weighted by molar-refractivity contribution is -0.137. The van der Waals surface area contributed by atoms with Crippen LogP contribution in [0.1, 0.15) is 43.2 Å². The standard InChI is InChI=1S/C20H24F3N3O2S/c21-20(22,23)15-8-6-14(7-9-15)13-25-16-10-11-19(18(24)12-16)26-29(27,28)17-4-2-1-3-5-17/h6-12,17,25-26H,1-5,13,24H2. The van der Waals surface area contributed by atoms with E-state index in [-0.39, 0.29) is 5.69 Å². The molecule has 0 saturated heterocycles. The van der Waals surface area contributed by atoms with E-state index < -0.39 is 27.0 Å². The zero-order valence-corrected chi connectivity index (χ0v) is 16.6. The molecule has 0 unspecified atom stereocenters. The van der Waals surface area contributed by atoms with Crippen molar-refractivity contribution < 1.29 is 21.6 Å². The van der Waals surface area contributed by atoms with Crippen molar-refractivity contribution in [2.75, 3.05) is 15.8 Å². The SMILES string of the molecule is Nc1cc(NCc2ccc(C(F)(F)F)cc2)ccc1NS(=O)(=O)C1CCCCC1. The first-order chi connectivity index (χ1) is 13.6. The maximum atomic E-state index is 12.6. The van der Waals surface area contributed by atoms with Crippen molar-refractivity contribution in [1.29, 1.82) is 0 Å². The van der Waals surface area contributed by atoms with Crippen LogP contribution in [0, 0.1) is 0 Å². The van der Waals surface area contributed by atoms with Crippen LogP contribution in [0.3, 0.4) is 0 Å². The average Bonchev–Trinajstić information content (AvgIpc) is 2.68. The molecule has 0 amide bonds. The van der Waals surface area contributed by atoms with E-state index in [0.29, 0.717) is 36.3 Å². The Bertz CT molecular complexity index is 938. The van der Waals surface area contributed by atoms with Gasteiger partial charge in [-0.15, -0.1) is 0 Å². The van der Waals surface area contributed by atoms with Crippen molar-refractivity contribution in [3.63, 3.8) is 0 Å². The summed E-state index contributed by atoms with van der Waals surface area (Å²) in [4.78, 5) is 0. The van der Waals surface area contributed by atoms with E-state index in [9.17, 15) is 21.6 Å². The molecule has 3 rings (SSSR count). The van der Waals surface area contributed by atoms with Crippen molar-refractivity contribution in [3.05, 3.63) is 53.6 Å². The second-order valence-corrected chi connectivity index (χ2v) is 9.22. The van der Waals surface area contributed by atoms with Gasteiger partial charge in [-0.3, -0.25) is 4.72 Å². The molecule has 1 aliphatic rings. The molecule has 0 bridgehead atoms. The van der Waals surface area contributed by atoms with Crippen LogP contribution < -0.4 is 15.8 Å². The van der Waals surface area contributed by atoms with Crippen LogP contribution in [0.25, 0.3) is 0 Å². The Morgan fingerprint density at radius 2 is 1.66 bits per heavy atom. The highest BCUT2D eigenvalue weighted by molar-refractivity contribution is 7.93. The van der Waals surface area contributed by atoms with Crippen LogP contribution in [0.15, 0.2) is 42.5 Å². The first kappa shape index (κ1) is 21.3. The number of nitrogens with two attached hydrogens (primary N) is 1. The number of benzene rings is 2. The van der Waals surface area contributed by atoms with Gasteiger partial charge in [-0.25, -0.2) is 8.42 Å². The van der Waals surface area contributed by atoms with Gasteiger partial charge in [-0.05, 0) is 48.7 Å². The van der Waals surface area contributed by atoms with Gasteiger partial charge in [0.05, 0.1) is 22.2 Å². The monoisotopic (exact) mass is 427 g/mol. The third kappa shape index (κ3) is 5.56. The van der Waals surface area contributed by atoms with Crippen LogP contribution in [0.5, 0.6) is 0 Å². The molecule has 29 heavy (non-hydrogen) atoms. The van der Waals surface area contributed by atoms with E-state index >= 15 is 0 Å². The van der Waals surface area contributed by atoms with Crippen LogP contribution in [0.2, 0.25) is 0 Å². The number of nitrogen functional groups attached to an aromatic ring is 1. The third-order valence-corrected chi connectivity index (χ3v) is 6.93. The fraction of sp³-hybridized carbons (Fsp3) is 0.400. The molecule has 0 aromatic heterocycles. The molecule has 1 fully saturated rings. The second kappa shape index (κ2) is 8.52. The first-order valence-electron chi connectivity index (χ1n) is 9.46. The smallest absolute Gasteiger partial charge is 0.397 e. The number of hydrogen-bond acceptors (Lipinski definition) is 4. The van der Waals surface area contributed by atoms with Gasteiger partial charge in [0.1, 0.15) is 0 Å². The Balaban J connectivity index is 1.62. The van der Waals surface area contributed by atoms with Crippen LogP contribution in [0.4, 0.5) is 30.2 Å². The molecule has 0 aliphatic heterocycles. The summed E-state index contributed by atoms with van der Waals surface area (Å²) in [6, 6.07) is 9.76. The predicted octanol–water partition coefficient (Wildman–Crippen LogP) is 4.97. The molecular weight excluding hydrogens is 403 g/mol. The Kier molecular flexibility index (Phi) is 6.26. The minimum Gasteiger partial charge on any atom is -0.397 e. The number of anilines is 3. The Morgan fingerprint density at radius 3 is 2.24 bits per heavy atom. The van der Waals surface area contributed by atoms with E-state index in [4.69, 9.17) is 5.73 Å². The van der Waals surface area contributed by atoms with Gasteiger partial charge < -0.3 is 11.1 Å². The van der Waals surface area contributed by atoms with Gasteiger partial charge >= 0.3 is 6.18 Å². The normalized spacial score (nSPS) is 15.8. The van der Waals surface area contributed by atoms with Crippen molar-refractivity contribution >= 4 is 27.1 Å². The molecule has 5 nitrogen and oxygen atoms in total. The van der Waals surface area contributed by atoms with Crippen LogP contribution in [-0.2, 0) is 22.7 Å². The van der Waals surface area contributed by atoms with Gasteiger partial charge in [0.25, 0.3) is 0 Å². The largest absolute Gasteiger partial charge is 0.416 e. The number of nitrogens with one attached hydrogen (secondary N) is 2. The third-order valence-electron chi connectivity index (χ3n) is 5.07. The lowest BCUT2D eigenvalue weighted by Gasteiger charge is -2.23. The first-order valence-corrected chi connectivity index (χ1v) is 11.0. The van der Waals surface area contributed by atoms with Crippen molar-refractivity contribution in [3.8, 4) is 0 Å². The zero-order valence-electron chi connectivity index (χ0n) is 15.8. The Morgan fingerprint density at radius 1 is 1.00 bits per heavy atom. The highest BCUT2D eigenvalue weighted by Gasteiger charge is 2.30. The molecule has 0 radical (unpaired) electrons. The molecule has 1 saturated carbocycles. The second-order valence-electron chi connectivity index (χ2n) is 7.26. The predicted molar refractivity (Wildman–Crippen MR) is 109 cm³/mol. The maximum Gasteiger partial charge on any atom is 0.416 e. The topological polar surface area (TPSA) is 84.2 Å². The number of alkyl halides is 3. The summed E-state index contributed by atoms with van der Waals surface area (Å²) in [7, 11) is -3.49. The molecule has 0 atom stereocenters. The summed E-state index contributed by atoms with van der Waals surface area (Å²) in [6.45, 7) is 0.310. The Hall–Kier alpha value is -2.42. The van der Waals surface area contributed by atoms with Crippen LogP contribution >= 0.6 is 0 Å². The van der Waals surface area contributed by atoms with Crippen molar-refractivity contribution in [2.24, 2.45) is 0 Å². The molecule has 1 aliphatic carbocycles. The Labute approximate surface area is 168 Å². The van der Waals surface area contributed by atoms with E-state index in [2.05, 4.69) is 10.0 Å². The quantitative estimate of drug-likeness (QED) is 0.568. The van der Waals surface area contributed by atoms with Crippen molar-refractivity contribution in [1.82, 2.24) is 0 Å². The van der Waals surface area contributed by atoms with Gasteiger partial charge in [-0.1, -0.05) is 31.4 Å². The highest BCUT2D eigenvalue weighted by atomic mass is 32.2. The molecule has 0 heterocycles. The van der Waals surface area contributed by atoms with E-state index in [0.717, 1.165) is 31.4 Å². The molecule has 2 aromatic rings. The molecule has 4 N–H and O–H groups in total. The van der Waals surface area contributed by atoms with Gasteiger partial charge in [0, 0.05) is 12.2 Å². The van der Waals surface area contributed by atoms with E-state index in [1.54, 1.807) is 18.2 Å². The van der Waals surface area contributed by atoms with E-state index in [1.807, 2.05) is 0 Å². The summed E-state index contributed by atoms with van der Waals surface area (Å²) < 4.78 is 65.5. The number of halogens is 3. The minimum atomic E-state index is -4.36. The highest BCUT2D eigenvalue weighted by Crippen LogP contribution is 2.30. The summed E-state index contributed by atoms with van der Waals surface area (Å²) in [6.07, 6.45) is -0.166. The molecule has 158 valence electrons. The number of hydrogen-bond donors (Lipinski definition) is 3. The zero-order chi connectivity index (χ0) is 21.1. The van der Waals surface area contributed by atoms with Crippen LogP contribution in [-0.4, -0.2) is 13.7 Å². The lowest BCUT2D eigenvalue weighted by Crippen LogP contribution is -2.30. The molecular formula is C20H24F3N3O2S. The molecule has 0 spiro atoms. The number of sulfonamides is 1. The molecule has 2 aromatic carbocycles. The fourth-order valence-electron chi connectivity index (χ4n) is 3.39. The maximum absolute atomic E-state index is 12.6. The number of rotatable bonds is 6. The summed E-state index contributed by atoms with van der Waals surface area (Å²) >= 11 is 0. The van der Waals surface area contributed by atoms with Crippen molar-refractivity contribution in [2.45, 2.75) is 50.1 Å². The minimum absolute atomic E-state index is 0.279. The lowest BCUT2D eigenvalue weighted by atomic mass is 10.0. The van der Waals surface area contributed by atoms with Gasteiger partial charge in [-0.2, -0.15) is 13.2 Å². The fourth-order valence-corrected chi connectivity index (χ4v) is 5.01. The average molecular weight is 427 g/mol.